The van der Waals surface area contributed by atoms with E-state index in [0.29, 0.717) is 15.8 Å². The van der Waals surface area contributed by atoms with Gasteiger partial charge in [0.2, 0.25) is 0 Å². The molecule has 0 aliphatic heterocycles. The number of thiophene rings is 1. The molecule has 0 bridgehead atoms. The minimum absolute atomic E-state index is 0.0127. The van der Waals surface area contributed by atoms with Crippen LogP contribution in [0, 0.1) is 34.3 Å². The molecule has 0 atom stereocenters. The van der Waals surface area contributed by atoms with E-state index in [2.05, 4.69) is 10.1 Å². The second kappa shape index (κ2) is 8.27. The fourth-order valence-electron chi connectivity index (χ4n) is 3.99. The lowest BCUT2D eigenvalue weighted by Gasteiger charge is -2.12. The van der Waals surface area contributed by atoms with Gasteiger partial charge in [0.1, 0.15) is 4.70 Å². The molecule has 0 aliphatic carbocycles. The highest BCUT2D eigenvalue weighted by Gasteiger charge is 2.22. The van der Waals surface area contributed by atoms with Crippen LogP contribution in [0.2, 0.25) is 0 Å². The Hall–Kier alpha value is -4.68. The van der Waals surface area contributed by atoms with Crippen molar-refractivity contribution >= 4 is 32.5 Å². The Morgan fingerprint density at radius 2 is 1.86 bits per heavy atom. The number of benzene rings is 1. The van der Waals surface area contributed by atoms with Crippen molar-refractivity contribution in [3.63, 3.8) is 0 Å². The molecule has 12 heteroatoms. The third-order valence-corrected chi connectivity index (χ3v) is 6.72. The number of rotatable bonds is 4. The normalized spacial score (nSPS) is 11.1. The molecule has 35 heavy (non-hydrogen) atoms. The average Bonchev–Trinajstić information content (AvgIpc) is 3.45. The van der Waals surface area contributed by atoms with Gasteiger partial charge in [0, 0.05) is 35.6 Å². The Labute approximate surface area is 198 Å². The summed E-state index contributed by atoms with van der Waals surface area (Å²) < 4.78 is 31.6. The Morgan fingerprint density at radius 1 is 1.09 bits per heavy atom. The van der Waals surface area contributed by atoms with Crippen molar-refractivity contribution in [2.24, 2.45) is 7.05 Å². The lowest BCUT2D eigenvalue weighted by atomic mass is 10.1. The predicted molar refractivity (Wildman–Crippen MR) is 124 cm³/mol. The lowest BCUT2D eigenvalue weighted by Crippen LogP contribution is -2.38. The van der Waals surface area contributed by atoms with Crippen molar-refractivity contribution in [1.29, 1.82) is 10.5 Å². The van der Waals surface area contributed by atoms with E-state index in [1.807, 2.05) is 12.1 Å². The number of nitrogens with zero attached hydrogens (tertiary/aromatic N) is 7. The van der Waals surface area contributed by atoms with Crippen LogP contribution in [0.5, 0.6) is 0 Å². The quantitative estimate of drug-likeness (QED) is 0.382. The third kappa shape index (κ3) is 3.39. The van der Waals surface area contributed by atoms with Gasteiger partial charge in [0.15, 0.2) is 11.6 Å². The number of aryl methyl sites for hydroxylation is 2. The molecule has 0 radical (unpaired) electrons. The Balaban J connectivity index is 1.88. The molecule has 0 saturated heterocycles. The fraction of sp³-hybridized carbons (Fsp3) is 0.130. The summed E-state index contributed by atoms with van der Waals surface area (Å²) in [6, 6.07) is 6.95. The van der Waals surface area contributed by atoms with Gasteiger partial charge in [0.05, 0.1) is 53.2 Å². The van der Waals surface area contributed by atoms with Crippen LogP contribution in [0.3, 0.4) is 0 Å². The second-order valence-corrected chi connectivity index (χ2v) is 8.65. The Bertz CT molecular complexity index is 1870. The van der Waals surface area contributed by atoms with Gasteiger partial charge in [-0.15, -0.1) is 11.3 Å². The first kappa shape index (κ1) is 22.1. The van der Waals surface area contributed by atoms with Crippen LogP contribution in [0.15, 0.2) is 46.4 Å². The van der Waals surface area contributed by atoms with E-state index >= 15 is 0 Å². The van der Waals surface area contributed by atoms with E-state index < -0.39 is 22.9 Å². The number of nitriles is 2. The molecule has 0 spiro atoms. The summed E-state index contributed by atoms with van der Waals surface area (Å²) in [5.74, 6) is -2.32. The summed E-state index contributed by atoms with van der Waals surface area (Å²) in [4.78, 5) is 31.6. The third-order valence-electron chi connectivity index (χ3n) is 5.58. The molecule has 0 fully saturated rings. The van der Waals surface area contributed by atoms with Crippen molar-refractivity contribution in [1.82, 2.24) is 23.9 Å². The van der Waals surface area contributed by atoms with Crippen LogP contribution in [0.25, 0.3) is 37.2 Å². The lowest BCUT2D eigenvalue weighted by molar-refractivity contribution is 0.509. The smallest absolute Gasteiger partial charge is 0.291 e. The summed E-state index contributed by atoms with van der Waals surface area (Å²) in [5.41, 5.74) is -0.418. The number of pyridine rings is 1. The number of hydrogen-bond donors (Lipinski definition) is 0. The SMILES string of the molecule is Cn1ncc2cncc(-n3c(=O)c4sc(-c5cc(F)c(F)cc5C#N)cc4n(CCC#N)c3=O)c21. The van der Waals surface area contributed by atoms with Crippen molar-refractivity contribution in [3.8, 4) is 28.3 Å². The molecule has 5 aromatic rings. The first-order valence-corrected chi connectivity index (χ1v) is 11.0. The van der Waals surface area contributed by atoms with Crippen LogP contribution < -0.4 is 11.2 Å². The summed E-state index contributed by atoms with van der Waals surface area (Å²) in [6.07, 6.45) is 4.48. The molecule has 9 nitrogen and oxygen atoms in total. The van der Waals surface area contributed by atoms with Crippen LogP contribution in [-0.4, -0.2) is 23.9 Å². The van der Waals surface area contributed by atoms with Crippen LogP contribution in [-0.2, 0) is 13.6 Å². The molecule has 5 rings (SSSR count). The highest BCUT2D eigenvalue weighted by molar-refractivity contribution is 7.22. The molecule has 1 aromatic carbocycles. The highest BCUT2D eigenvalue weighted by Crippen LogP contribution is 2.35. The van der Waals surface area contributed by atoms with Crippen LogP contribution >= 0.6 is 11.3 Å². The molecule has 172 valence electrons. The van der Waals surface area contributed by atoms with Crippen LogP contribution in [0.4, 0.5) is 8.78 Å². The Kier molecular flexibility index (Phi) is 5.23. The molecule has 0 saturated carbocycles. The zero-order valence-electron chi connectivity index (χ0n) is 18.0. The largest absolute Gasteiger partial charge is 0.336 e. The van der Waals surface area contributed by atoms with Gasteiger partial charge in [-0.25, -0.2) is 18.1 Å². The van der Waals surface area contributed by atoms with Gasteiger partial charge in [-0.1, -0.05) is 0 Å². The van der Waals surface area contributed by atoms with Crippen molar-refractivity contribution in [2.45, 2.75) is 13.0 Å². The maximum absolute atomic E-state index is 14.0. The van der Waals surface area contributed by atoms with E-state index in [0.717, 1.165) is 28.0 Å². The first-order valence-electron chi connectivity index (χ1n) is 10.2. The van der Waals surface area contributed by atoms with Crippen molar-refractivity contribution in [3.05, 3.63) is 74.8 Å². The second-order valence-electron chi connectivity index (χ2n) is 7.60. The zero-order chi connectivity index (χ0) is 24.9. The van der Waals surface area contributed by atoms with E-state index in [-0.39, 0.29) is 40.0 Å². The Morgan fingerprint density at radius 3 is 2.60 bits per heavy atom. The molecule has 0 aliphatic rings. The van der Waals surface area contributed by atoms with Crippen molar-refractivity contribution in [2.75, 3.05) is 0 Å². The summed E-state index contributed by atoms with van der Waals surface area (Å²) in [5, 5.41) is 23.3. The number of halogens is 2. The average molecular weight is 489 g/mol. The van der Waals surface area contributed by atoms with Gasteiger partial charge < -0.3 is 0 Å². The molecular formula is C23H13F2N7O2S. The maximum Gasteiger partial charge on any atom is 0.336 e. The molecule has 0 amide bonds. The van der Waals surface area contributed by atoms with Crippen LogP contribution in [0.1, 0.15) is 12.0 Å². The standard InChI is InChI=1S/C23H13F2N7O2S/c1-30-20-13(10-29-30)9-28-11-18(20)32-22(33)21-17(31(23(32)34)4-2-3-26)7-19(35-21)14-6-16(25)15(24)5-12(14)8-27/h5-7,9-11H,2,4H2,1H3. The fourth-order valence-corrected chi connectivity index (χ4v) is 5.11. The number of aromatic nitrogens is 5. The monoisotopic (exact) mass is 489 g/mol. The predicted octanol–water partition coefficient (Wildman–Crippen LogP) is 3.23. The number of hydrogen-bond acceptors (Lipinski definition) is 7. The number of fused-ring (bicyclic) bond motifs is 2. The van der Waals surface area contributed by atoms with E-state index in [9.17, 15) is 23.6 Å². The minimum Gasteiger partial charge on any atom is -0.291 e. The molecule has 0 unspecified atom stereocenters. The van der Waals surface area contributed by atoms with E-state index in [1.165, 1.54) is 21.5 Å². The summed E-state index contributed by atoms with van der Waals surface area (Å²) in [6.45, 7) is -0.0139. The van der Waals surface area contributed by atoms with Gasteiger partial charge in [-0.3, -0.25) is 19.0 Å². The van der Waals surface area contributed by atoms with Crippen molar-refractivity contribution < 1.29 is 8.78 Å². The van der Waals surface area contributed by atoms with Gasteiger partial charge in [-0.2, -0.15) is 15.6 Å². The highest BCUT2D eigenvalue weighted by atomic mass is 32.1. The first-order chi connectivity index (χ1) is 16.8. The van der Waals surface area contributed by atoms with Gasteiger partial charge in [-0.05, 0) is 18.2 Å². The molecular weight excluding hydrogens is 476 g/mol. The van der Waals surface area contributed by atoms with E-state index in [4.69, 9.17) is 5.26 Å². The van der Waals surface area contributed by atoms with Gasteiger partial charge >= 0.3 is 5.69 Å². The topological polar surface area (TPSA) is 122 Å². The van der Waals surface area contributed by atoms with E-state index in [1.54, 1.807) is 19.4 Å². The summed E-state index contributed by atoms with van der Waals surface area (Å²) >= 11 is 0.939. The maximum atomic E-state index is 14.0. The molecule has 4 aromatic heterocycles. The molecule has 4 heterocycles. The molecule has 0 N–H and O–H groups in total. The minimum atomic E-state index is -1.17. The zero-order valence-corrected chi connectivity index (χ0v) is 18.8. The summed E-state index contributed by atoms with van der Waals surface area (Å²) in [7, 11) is 1.67. The van der Waals surface area contributed by atoms with Gasteiger partial charge in [0.25, 0.3) is 5.56 Å².